The standard InChI is InChI=1S/C10H14Cl2N2/c1-7(4-5-13)14-10-3-2-8(11)6-9(10)12/h2-3,6-7,14H,4-5,13H2,1H3. The first kappa shape index (κ1) is 11.6. The fourth-order valence-electron chi connectivity index (χ4n) is 1.19. The predicted octanol–water partition coefficient (Wildman–Crippen LogP) is 3.14. The van der Waals surface area contributed by atoms with Crippen molar-refractivity contribution in [3.63, 3.8) is 0 Å². The number of hydrogen-bond donors (Lipinski definition) is 2. The van der Waals surface area contributed by atoms with Gasteiger partial charge in [-0.3, -0.25) is 0 Å². The minimum atomic E-state index is 0.318. The third kappa shape index (κ3) is 3.37. The van der Waals surface area contributed by atoms with E-state index in [1.165, 1.54) is 0 Å². The Balaban J connectivity index is 2.67. The normalized spacial score (nSPS) is 12.6. The zero-order valence-electron chi connectivity index (χ0n) is 8.06. The van der Waals surface area contributed by atoms with Crippen LogP contribution in [0.5, 0.6) is 0 Å². The van der Waals surface area contributed by atoms with Crippen molar-refractivity contribution in [1.82, 2.24) is 0 Å². The second-order valence-electron chi connectivity index (χ2n) is 3.25. The second-order valence-corrected chi connectivity index (χ2v) is 4.09. The van der Waals surface area contributed by atoms with Crippen molar-refractivity contribution in [3.8, 4) is 0 Å². The number of nitrogens with one attached hydrogen (secondary N) is 1. The summed E-state index contributed by atoms with van der Waals surface area (Å²) in [5, 5.41) is 4.55. The van der Waals surface area contributed by atoms with Crippen LogP contribution in [0.4, 0.5) is 5.69 Å². The minimum Gasteiger partial charge on any atom is -0.381 e. The number of benzene rings is 1. The highest BCUT2D eigenvalue weighted by Gasteiger charge is 2.04. The topological polar surface area (TPSA) is 38.0 Å². The van der Waals surface area contributed by atoms with E-state index in [0.717, 1.165) is 12.1 Å². The maximum absolute atomic E-state index is 6.00. The molecule has 3 N–H and O–H groups in total. The van der Waals surface area contributed by atoms with Crippen molar-refractivity contribution >= 4 is 28.9 Å². The quantitative estimate of drug-likeness (QED) is 0.838. The van der Waals surface area contributed by atoms with E-state index in [1.807, 2.05) is 12.1 Å². The Labute approximate surface area is 94.4 Å². The zero-order valence-corrected chi connectivity index (χ0v) is 9.57. The van der Waals surface area contributed by atoms with E-state index in [2.05, 4.69) is 12.2 Å². The Morgan fingerprint density at radius 3 is 2.71 bits per heavy atom. The fraction of sp³-hybridized carbons (Fsp3) is 0.400. The van der Waals surface area contributed by atoms with Gasteiger partial charge in [-0.2, -0.15) is 0 Å². The first-order valence-corrected chi connectivity index (χ1v) is 5.30. The van der Waals surface area contributed by atoms with E-state index in [1.54, 1.807) is 6.07 Å². The second kappa shape index (κ2) is 5.44. The van der Waals surface area contributed by atoms with E-state index < -0.39 is 0 Å². The Bertz CT molecular complexity index is 302. The molecule has 0 spiro atoms. The average Bonchev–Trinajstić information content (AvgIpc) is 2.10. The molecule has 0 saturated carbocycles. The van der Waals surface area contributed by atoms with Crippen LogP contribution in [0, 0.1) is 0 Å². The van der Waals surface area contributed by atoms with Crippen LogP contribution in [0.2, 0.25) is 10.0 Å². The third-order valence-corrected chi connectivity index (χ3v) is 2.48. The molecule has 1 atom stereocenters. The number of nitrogens with two attached hydrogens (primary N) is 1. The van der Waals surface area contributed by atoms with Crippen molar-refractivity contribution < 1.29 is 0 Å². The first-order valence-electron chi connectivity index (χ1n) is 4.55. The summed E-state index contributed by atoms with van der Waals surface area (Å²) in [5.41, 5.74) is 6.35. The van der Waals surface area contributed by atoms with E-state index in [9.17, 15) is 0 Å². The first-order chi connectivity index (χ1) is 6.63. The van der Waals surface area contributed by atoms with Gasteiger partial charge < -0.3 is 11.1 Å². The van der Waals surface area contributed by atoms with Gasteiger partial charge in [0.1, 0.15) is 0 Å². The number of anilines is 1. The van der Waals surface area contributed by atoms with Crippen LogP contribution in [0.15, 0.2) is 18.2 Å². The van der Waals surface area contributed by atoms with E-state index in [4.69, 9.17) is 28.9 Å². The molecule has 0 aromatic heterocycles. The number of rotatable bonds is 4. The van der Waals surface area contributed by atoms with Crippen molar-refractivity contribution in [3.05, 3.63) is 28.2 Å². The Kier molecular flexibility index (Phi) is 4.52. The van der Waals surface area contributed by atoms with Gasteiger partial charge in [0.15, 0.2) is 0 Å². The van der Waals surface area contributed by atoms with Gasteiger partial charge in [-0.1, -0.05) is 23.2 Å². The summed E-state index contributed by atoms with van der Waals surface area (Å²) in [6.45, 7) is 2.73. The van der Waals surface area contributed by atoms with Gasteiger partial charge in [0, 0.05) is 11.1 Å². The highest BCUT2D eigenvalue weighted by Crippen LogP contribution is 2.25. The molecule has 0 bridgehead atoms. The van der Waals surface area contributed by atoms with Gasteiger partial charge in [0.25, 0.3) is 0 Å². The molecule has 0 amide bonds. The van der Waals surface area contributed by atoms with Crippen molar-refractivity contribution in [2.75, 3.05) is 11.9 Å². The van der Waals surface area contributed by atoms with Gasteiger partial charge >= 0.3 is 0 Å². The van der Waals surface area contributed by atoms with Crippen molar-refractivity contribution in [1.29, 1.82) is 0 Å². The molecule has 0 saturated heterocycles. The number of hydrogen-bond acceptors (Lipinski definition) is 2. The summed E-state index contributed by atoms with van der Waals surface area (Å²) in [6, 6.07) is 5.72. The molecule has 0 aliphatic heterocycles. The van der Waals surface area contributed by atoms with Crippen LogP contribution in [0.3, 0.4) is 0 Å². The maximum atomic E-state index is 6.00. The summed E-state index contributed by atoms with van der Waals surface area (Å²) >= 11 is 11.8. The van der Waals surface area contributed by atoms with Gasteiger partial charge in [-0.15, -0.1) is 0 Å². The van der Waals surface area contributed by atoms with Gasteiger partial charge in [-0.05, 0) is 38.1 Å². The van der Waals surface area contributed by atoms with E-state index in [-0.39, 0.29) is 0 Å². The lowest BCUT2D eigenvalue weighted by Gasteiger charge is -2.15. The highest BCUT2D eigenvalue weighted by molar-refractivity contribution is 6.36. The fourth-order valence-corrected chi connectivity index (χ4v) is 1.66. The summed E-state index contributed by atoms with van der Waals surface area (Å²) in [5.74, 6) is 0. The lowest BCUT2D eigenvalue weighted by atomic mass is 10.2. The summed E-state index contributed by atoms with van der Waals surface area (Å²) in [6.07, 6.45) is 0.916. The van der Waals surface area contributed by atoms with Crippen molar-refractivity contribution in [2.24, 2.45) is 5.73 Å². The van der Waals surface area contributed by atoms with Crippen LogP contribution >= 0.6 is 23.2 Å². The molecule has 0 aliphatic rings. The molecule has 14 heavy (non-hydrogen) atoms. The predicted molar refractivity (Wildman–Crippen MR) is 63.2 cm³/mol. The average molecular weight is 233 g/mol. The van der Waals surface area contributed by atoms with Crippen LogP contribution in [-0.4, -0.2) is 12.6 Å². The van der Waals surface area contributed by atoms with E-state index >= 15 is 0 Å². The van der Waals surface area contributed by atoms with Crippen LogP contribution in [-0.2, 0) is 0 Å². The lowest BCUT2D eigenvalue weighted by Crippen LogP contribution is -2.19. The molecule has 0 fully saturated rings. The summed E-state index contributed by atoms with van der Waals surface area (Å²) in [4.78, 5) is 0. The molecule has 1 aromatic carbocycles. The maximum Gasteiger partial charge on any atom is 0.0652 e. The number of halogens is 2. The van der Waals surface area contributed by atoms with E-state index in [0.29, 0.717) is 22.6 Å². The molecule has 2 nitrogen and oxygen atoms in total. The minimum absolute atomic E-state index is 0.318. The Hall–Kier alpha value is -0.440. The molecular weight excluding hydrogens is 219 g/mol. The molecule has 0 heterocycles. The lowest BCUT2D eigenvalue weighted by molar-refractivity contribution is 0.717. The molecular formula is C10H14Cl2N2. The molecule has 1 unspecified atom stereocenters. The monoisotopic (exact) mass is 232 g/mol. The van der Waals surface area contributed by atoms with Gasteiger partial charge in [0.05, 0.1) is 10.7 Å². The highest BCUT2D eigenvalue weighted by atomic mass is 35.5. The van der Waals surface area contributed by atoms with Crippen molar-refractivity contribution in [2.45, 2.75) is 19.4 Å². The van der Waals surface area contributed by atoms with Crippen LogP contribution < -0.4 is 11.1 Å². The molecule has 0 aliphatic carbocycles. The van der Waals surface area contributed by atoms with Gasteiger partial charge in [0.2, 0.25) is 0 Å². The largest absolute Gasteiger partial charge is 0.381 e. The van der Waals surface area contributed by atoms with Gasteiger partial charge in [-0.25, -0.2) is 0 Å². The summed E-state index contributed by atoms with van der Waals surface area (Å²) in [7, 11) is 0. The molecule has 78 valence electrons. The zero-order chi connectivity index (χ0) is 10.6. The van der Waals surface area contributed by atoms with Crippen LogP contribution in [0.1, 0.15) is 13.3 Å². The molecule has 4 heteroatoms. The molecule has 0 radical (unpaired) electrons. The Morgan fingerprint density at radius 2 is 2.14 bits per heavy atom. The van der Waals surface area contributed by atoms with Crippen LogP contribution in [0.25, 0.3) is 0 Å². The summed E-state index contributed by atoms with van der Waals surface area (Å²) < 4.78 is 0. The SMILES string of the molecule is CC(CCN)Nc1ccc(Cl)cc1Cl. The molecule has 1 rings (SSSR count). The smallest absolute Gasteiger partial charge is 0.0652 e. The Morgan fingerprint density at radius 1 is 1.43 bits per heavy atom. The molecule has 1 aromatic rings. The third-order valence-electron chi connectivity index (χ3n) is 1.93.